The number of urea groups is 1. The summed E-state index contributed by atoms with van der Waals surface area (Å²) in [5, 5.41) is 15.5. The second kappa shape index (κ2) is 7.74. The molecular formula is C18H27N3O4. The Balaban J connectivity index is 2.23. The molecule has 138 valence electrons. The Bertz CT molecular complexity index is 634. The molecule has 1 heterocycles. The summed E-state index contributed by atoms with van der Waals surface area (Å²) < 4.78 is 4.76. The number of carbonyl (C=O) groups excluding carboxylic acids is 2. The van der Waals surface area contributed by atoms with Gasteiger partial charge in [0.2, 0.25) is 0 Å². The van der Waals surface area contributed by atoms with E-state index < -0.39 is 23.6 Å². The molecule has 2 amide bonds. The standard InChI is InChI=1S/C18H27N3O4/c1-12(18(2,3)24)19-17(23)20-14-11-13(16(22)25-4)7-8-15(14)21-9-5-6-10-21/h7-8,11-12,24H,5-6,9-10H2,1-4H3,(H2,19,20,23)/t12-/m0/s1. The lowest BCUT2D eigenvalue weighted by Gasteiger charge is -2.27. The van der Waals surface area contributed by atoms with E-state index in [9.17, 15) is 14.7 Å². The van der Waals surface area contributed by atoms with Crippen LogP contribution in [0.4, 0.5) is 16.2 Å². The van der Waals surface area contributed by atoms with Crippen LogP contribution in [0.15, 0.2) is 18.2 Å². The van der Waals surface area contributed by atoms with Crippen molar-refractivity contribution in [3.8, 4) is 0 Å². The molecule has 1 aromatic carbocycles. The zero-order valence-corrected chi connectivity index (χ0v) is 15.3. The topological polar surface area (TPSA) is 90.9 Å². The molecule has 0 saturated carbocycles. The van der Waals surface area contributed by atoms with E-state index in [0.29, 0.717) is 11.3 Å². The molecule has 1 aliphatic rings. The van der Waals surface area contributed by atoms with E-state index in [-0.39, 0.29) is 0 Å². The van der Waals surface area contributed by atoms with Crippen LogP contribution in [0.3, 0.4) is 0 Å². The number of nitrogens with one attached hydrogen (secondary N) is 2. The van der Waals surface area contributed by atoms with Gasteiger partial charge in [0.25, 0.3) is 0 Å². The summed E-state index contributed by atoms with van der Waals surface area (Å²) >= 11 is 0. The smallest absolute Gasteiger partial charge is 0.337 e. The molecule has 1 aliphatic heterocycles. The fourth-order valence-electron chi connectivity index (χ4n) is 2.65. The molecule has 3 N–H and O–H groups in total. The summed E-state index contributed by atoms with van der Waals surface area (Å²) in [6.07, 6.45) is 2.19. The Hall–Kier alpha value is -2.28. The summed E-state index contributed by atoms with van der Waals surface area (Å²) in [4.78, 5) is 26.3. The van der Waals surface area contributed by atoms with Gasteiger partial charge in [0.1, 0.15) is 0 Å². The van der Waals surface area contributed by atoms with Gasteiger partial charge in [-0.05, 0) is 51.8 Å². The molecule has 0 aromatic heterocycles. The van der Waals surface area contributed by atoms with E-state index in [0.717, 1.165) is 31.6 Å². The Kier molecular flexibility index (Phi) is 5.89. The van der Waals surface area contributed by atoms with E-state index in [2.05, 4.69) is 15.5 Å². The van der Waals surface area contributed by atoms with Crippen molar-refractivity contribution in [2.75, 3.05) is 30.4 Å². The van der Waals surface area contributed by atoms with Crippen LogP contribution >= 0.6 is 0 Å². The third kappa shape index (κ3) is 4.85. The molecule has 2 rings (SSSR count). The molecule has 25 heavy (non-hydrogen) atoms. The molecule has 7 nitrogen and oxygen atoms in total. The fourth-order valence-corrected chi connectivity index (χ4v) is 2.65. The number of anilines is 2. The van der Waals surface area contributed by atoms with Crippen molar-refractivity contribution in [3.05, 3.63) is 23.8 Å². The highest BCUT2D eigenvalue weighted by Gasteiger charge is 2.25. The minimum atomic E-state index is -1.04. The summed E-state index contributed by atoms with van der Waals surface area (Å²) in [6.45, 7) is 6.81. The van der Waals surface area contributed by atoms with Crippen molar-refractivity contribution in [2.45, 2.75) is 45.3 Å². The number of esters is 1. The van der Waals surface area contributed by atoms with Crippen LogP contribution in [0, 0.1) is 0 Å². The van der Waals surface area contributed by atoms with Crippen molar-refractivity contribution in [1.82, 2.24) is 5.32 Å². The highest BCUT2D eigenvalue weighted by molar-refractivity contribution is 5.97. The number of carbonyl (C=O) groups is 2. The Morgan fingerprint density at radius 3 is 2.48 bits per heavy atom. The number of hydrogen-bond donors (Lipinski definition) is 3. The molecule has 0 aliphatic carbocycles. The van der Waals surface area contributed by atoms with E-state index >= 15 is 0 Å². The minimum Gasteiger partial charge on any atom is -0.465 e. The van der Waals surface area contributed by atoms with Gasteiger partial charge in [-0.2, -0.15) is 0 Å². The van der Waals surface area contributed by atoms with Crippen LogP contribution in [-0.4, -0.2) is 48.9 Å². The lowest BCUT2D eigenvalue weighted by atomic mass is 10.0. The van der Waals surface area contributed by atoms with Gasteiger partial charge in [-0.15, -0.1) is 0 Å². The van der Waals surface area contributed by atoms with Crippen LogP contribution in [0.1, 0.15) is 44.0 Å². The number of ether oxygens (including phenoxy) is 1. The third-order valence-corrected chi connectivity index (χ3v) is 4.52. The second-order valence-electron chi connectivity index (χ2n) is 6.89. The quantitative estimate of drug-likeness (QED) is 0.710. The van der Waals surface area contributed by atoms with Gasteiger partial charge >= 0.3 is 12.0 Å². The molecule has 0 spiro atoms. The molecule has 1 aromatic rings. The van der Waals surface area contributed by atoms with E-state index in [1.165, 1.54) is 7.11 Å². The number of aliphatic hydroxyl groups is 1. The predicted octanol–water partition coefficient (Wildman–Crippen LogP) is 2.35. The van der Waals surface area contributed by atoms with Gasteiger partial charge < -0.3 is 25.4 Å². The summed E-state index contributed by atoms with van der Waals surface area (Å²) in [5.41, 5.74) is 0.751. The zero-order chi connectivity index (χ0) is 18.6. The first-order valence-corrected chi connectivity index (χ1v) is 8.49. The number of hydrogen-bond acceptors (Lipinski definition) is 5. The molecule has 1 fully saturated rings. The van der Waals surface area contributed by atoms with E-state index in [1.807, 2.05) is 6.07 Å². The number of amides is 2. The predicted molar refractivity (Wildman–Crippen MR) is 97.1 cm³/mol. The fraction of sp³-hybridized carbons (Fsp3) is 0.556. The monoisotopic (exact) mass is 349 g/mol. The van der Waals surface area contributed by atoms with Crippen LogP contribution < -0.4 is 15.5 Å². The van der Waals surface area contributed by atoms with Gasteiger partial charge in [-0.1, -0.05) is 0 Å². The average Bonchev–Trinajstić information content (AvgIpc) is 3.07. The Morgan fingerprint density at radius 2 is 1.92 bits per heavy atom. The van der Waals surface area contributed by atoms with Gasteiger partial charge in [0, 0.05) is 13.1 Å². The maximum absolute atomic E-state index is 12.3. The maximum Gasteiger partial charge on any atom is 0.337 e. The normalized spacial score (nSPS) is 15.6. The molecule has 0 bridgehead atoms. The van der Waals surface area contributed by atoms with Gasteiger partial charge in [-0.25, -0.2) is 9.59 Å². The third-order valence-electron chi connectivity index (χ3n) is 4.52. The second-order valence-corrected chi connectivity index (χ2v) is 6.89. The molecule has 1 atom stereocenters. The van der Waals surface area contributed by atoms with Gasteiger partial charge in [0.05, 0.1) is 35.7 Å². The Morgan fingerprint density at radius 1 is 1.28 bits per heavy atom. The van der Waals surface area contributed by atoms with Crippen molar-refractivity contribution in [2.24, 2.45) is 0 Å². The summed E-state index contributed by atoms with van der Waals surface area (Å²) in [6, 6.07) is 4.27. The average molecular weight is 349 g/mol. The first-order valence-electron chi connectivity index (χ1n) is 8.49. The maximum atomic E-state index is 12.3. The summed E-state index contributed by atoms with van der Waals surface area (Å²) in [7, 11) is 1.32. The number of rotatable bonds is 5. The highest BCUT2D eigenvalue weighted by Crippen LogP contribution is 2.30. The molecular weight excluding hydrogens is 322 g/mol. The molecule has 7 heteroatoms. The van der Waals surface area contributed by atoms with Gasteiger partial charge in [-0.3, -0.25) is 0 Å². The highest BCUT2D eigenvalue weighted by atomic mass is 16.5. The molecule has 0 radical (unpaired) electrons. The van der Waals surface area contributed by atoms with Crippen LogP contribution in [0.25, 0.3) is 0 Å². The first kappa shape index (κ1) is 19.1. The largest absolute Gasteiger partial charge is 0.465 e. The lowest BCUT2D eigenvalue weighted by molar-refractivity contribution is 0.0485. The van der Waals surface area contributed by atoms with Crippen LogP contribution in [0.5, 0.6) is 0 Å². The van der Waals surface area contributed by atoms with Crippen LogP contribution in [0.2, 0.25) is 0 Å². The zero-order valence-electron chi connectivity index (χ0n) is 15.3. The SMILES string of the molecule is COC(=O)c1ccc(N2CCCC2)c(NC(=O)N[C@@H](C)C(C)(C)O)c1. The lowest BCUT2D eigenvalue weighted by Crippen LogP contribution is -2.48. The minimum absolute atomic E-state index is 0.372. The van der Waals surface area contributed by atoms with Crippen molar-refractivity contribution in [3.63, 3.8) is 0 Å². The van der Waals surface area contributed by atoms with Crippen molar-refractivity contribution >= 4 is 23.4 Å². The summed E-state index contributed by atoms with van der Waals surface area (Å²) in [5.74, 6) is -0.457. The van der Waals surface area contributed by atoms with Crippen LogP contribution in [-0.2, 0) is 4.74 Å². The van der Waals surface area contributed by atoms with E-state index in [1.54, 1.807) is 32.9 Å². The number of nitrogens with zero attached hydrogens (tertiary/aromatic N) is 1. The first-order chi connectivity index (χ1) is 11.7. The number of benzene rings is 1. The number of methoxy groups -OCH3 is 1. The van der Waals surface area contributed by atoms with Gasteiger partial charge in [0.15, 0.2) is 0 Å². The Labute approximate surface area is 148 Å². The molecule has 0 unspecified atom stereocenters. The van der Waals surface area contributed by atoms with E-state index in [4.69, 9.17) is 4.74 Å². The van der Waals surface area contributed by atoms with Crippen molar-refractivity contribution in [1.29, 1.82) is 0 Å². The molecule has 1 saturated heterocycles. The van der Waals surface area contributed by atoms with Crippen molar-refractivity contribution < 1.29 is 19.4 Å².